The second kappa shape index (κ2) is 5.85. The molecule has 1 aliphatic carbocycles. The Morgan fingerprint density at radius 2 is 1.82 bits per heavy atom. The Kier molecular flexibility index (Phi) is 4.99. The predicted octanol–water partition coefficient (Wildman–Crippen LogP) is 2.73. The monoisotopic (exact) mass is 241 g/mol. The third kappa shape index (κ3) is 3.70. The maximum atomic E-state index is 12.1. The van der Waals surface area contributed by atoms with E-state index in [9.17, 15) is 4.79 Å². The summed E-state index contributed by atoms with van der Waals surface area (Å²) in [6.45, 7) is 8.71. The highest BCUT2D eigenvalue weighted by atomic mass is 16.5. The Morgan fingerprint density at radius 1 is 1.29 bits per heavy atom. The van der Waals surface area contributed by atoms with E-state index in [0.717, 1.165) is 19.3 Å². The molecule has 0 amide bonds. The molecule has 1 aliphatic rings. The lowest BCUT2D eigenvalue weighted by molar-refractivity contribution is -0.163. The van der Waals surface area contributed by atoms with Gasteiger partial charge in [-0.3, -0.25) is 4.79 Å². The maximum absolute atomic E-state index is 12.1. The fourth-order valence-electron chi connectivity index (χ4n) is 2.63. The minimum atomic E-state index is -0.510. The predicted molar refractivity (Wildman–Crippen MR) is 69.5 cm³/mol. The second-order valence-electron chi connectivity index (χ2n) is 6.06. The first kappa shape index (κ1) is 14.5. The van der Waals surface area contributed by atoms with E-state index >= 15 is 0 Å². The molecule has 3 atom stereocenters. The molecule has 0 spiro atoms. The van der Waals surface area contributed by atoms with Gasteiger partial charge in [-0.15, -0.1) is 0 Å². The number of carbonyl (C=O) groups is 1. The van der Waals surface area contributed by atoms with Crippen molar-refractivity contribution in [2.24, 2.45) is 23.0 Å². The van der Waals surface area contributed by atoms with Gasteiger partial charge in [0.2, 0.25) is 0 Å². The Balaban J connectivity index is 2.56. The van der Waals surface area contributed by atoms with Crippen LogP contribution >= 0.6 is 0 Å². The number of nitrogens with two attached hydrogens (primary N) is 1. The molecule has 0 aliphatic heterocycles. The molecule has 3 heteroatoms. The Morgan fingerprint density at radius 3 is 2.24 bits per heavy atom. The number of rotatable bonds is 4. The van der Waals surface area contributed by atoms with Gasteiger partial charge in [-0.2, -0.15) is 0 Å². The van der Waals surface area contributed by atoms with Gasteiger partial charge in [0.25, 0.3) is 0 Å². The molecular weight excluding hydrogens is 214 g/mol. The van der Waals surface area contributed by atoms with E-state index < -0.39 is 5.41 Å². The molecule has 1 fully saturated rings. The lowest BCUT2D eigenvalue weighted by Crippen LogP contribution is -2.40. The van der Waals surface area contributed by atoms with Crippen LogP contribution in [-0.4, -0.2) is 18.6 Å². The molecule has 0 bridgehead atoms. The number of hydrogen-bond donors (Lipinski definition) is 1. The van der Waals surface area contributed by atoms with Crippen LogP contribution in [0.2, 0.25) is 0 Å². The highest BCUT2D eigenvalue weighted by Crippen LogP contribution is 2.32. The van der Waals surface area contributed by atoms with Crippen molar-refractivity contribution in [3.05, 3.63) is 0 Å². The van der Waals surface area contributed by atoms with Crippen molar-refractivity contribution >= 4 is 5.97 Å². The van der Waals surface area contributed by atoms with Crippen molar-refractivity contribution < 1.29 is 9.53 Å². The minimum absolute atomic E-state index is 0.0960. The Labute approximate surface area is 105 Å². The molecule has 0 heterocycles. The summed E-state index contributed by atoms with van der Waals surface area (Å²) < 4.78 is 5.66. The second-order valence-corrected chi connectivity index (χ2v) is 6.06. The normalized spacial score (nSPS) is 32.9. The van der Waals surface area contributed by atoms with Crippen LogP contribution < -0.4 is 5.73 Å². The lowest BCUT2D eigenvalue weighted by atomic mass is 9.81. The van der Waals surface area contributed by atoms with Crippen molar-refractivity contribution in [1.29, 1.82) is 0 Å². The van der Waals surface area contributed by atoms with Crippen LogP contribution in [0.1, 0.15) is 53.4 Å². The zero-order valence-corrected chi connectivity index (χ0v) is 11.7. The Hall–Kier alpha value is -0.570. The average Bonchev–Trinajstić information content (AvgIpc) is 2.26. The molecule has 3 nitrogen and oxygen atoms in total. The van der Waals surface area contributed by atoms with Gasteiger partial charge in [0.05, 0.1) is 5.41 Å². The first-order valence-corrected chi connectivity index (χ1v) is 6.82. The van der Waals surface area contributed by atoms with Gasteiger partial charge in [-0.05, 0) is 44.4 Å². The molecule has 0 saturated heterocycles. The smallest absolute Gasteiger partial charge is 0.313 e. The van der Waals surface area contributed by atoms with Crippen LogP contribution in [0, 0.1) is 17.3 Å². The van der Waals surface area contributed by atoms with Gasteiger partial charge in [-0.1, -0.05) is 20.8 Å². The molecule has 0 radical (unpaired) electrons. The summed E-state index contributed by atoms with van der Waals surface area (Å²) >= 11 is 0. The first-order chi connectivity index (χ1) is 7.91. The van der Waals surface area contributed by atoms with Crippen LogP contribution in [0.4, 0.5) is 0 Å². The summed E-state index contributed by atoms with van der Waals surface area (Å²) in [5.41, 5.74) is 5.17. The molecule has 3 unspecified atom stereocenters. The largest absolute Gasteiger partial charge is 0.462 e. The van der Waals surface area contributed by atoms with Crippen LogP contribution in [-0.2, 0) is 9.53 Å². The molecule has 17 heavy (non-hydrogen) atoms. The fourth-order valence-corrected chi connectivity index (χ4v) is 2.63. The summed E-state index contributed by atoms with van der Waals surface area (Å²) in [6, 6.07) is 0. The third-order valence-electron chi connectivity index (χ3n) is 4.13. The molecule has 100 valence electrons. The summed E-state index contributed by atoms with van der Waals surface area (Å²) in [5, 5.41) is 0. The first-order valence-electron chi connectivity index (χ1n) is 6.82. The van der Waals surface area contributed by atoms with Crippen molar-refractivity contribution in [1.82, 2.24) is 0 Å². The fraction of sp³-hybridized carbons (Fsp3) is 0.929. The van der Waals surface area contributed by atoms with Gasteiger partial charge in [-0.25, -0.2) is 0 Å². The van der Waals surface area contributed by atoms with Crippen molar-refractivity contribution in [3.63, 3.8) is 0 Å². The Bertz CT molecular complexity index is 251. The average molecular weight is 241 g/mol. The molecule has 1 saturated carbocycles. The van der Waals surface area contributed by atoms with Gasteiger partial charge in [0.15, 0.2) is 0 Å². The van der Waals surface area contributed by atoms with Crippen LogP contribution in [0.25, 0.3) is 0 Å². The number of ether oxygens (including phenoxy) is 1. The minimum Gasteiger partial charge on any atom is -0.462 e. The van der Waals surface area contributed by atoms with E-state index in [1.54, 1.807) is 0 Å². The summed E-state index contributed by atoms with van der Waals surface area (Å²) in [4.78, 5) is 12.1. The van der Waals surface area contributed by atoms with E-state index in [2.05, 4.69) is 13.8 Å². The van der Waals surface area contributed by atoms with Gasteiger partial charge >= 0.3 is 5.97 Å². The molecule has 1 rings (SSSR count). The molecular formula is C14H27NO2. The zero-order chi connectivity index (χ0) is 13.1. The summed E-state index contributed by atoms with van der Waals surface area (Å²) in [5.74, 6) is 1.19. The molecule has 2 N–H and O–H groups in total. The standard InChI is InChI=1S/C14H27NO2/c1-5-14(4,9-15)13(16)17-12-7-10(2)6-11(3)8-12/h10-12H,5-9,15H2,1-4H3. The van der Waals surface area contributed by atoms with Crippen LogP contribution in [0.5, 0.6) is 0 Å². The van der Waals surface area contributed by atoms with Crippen LogP contribution in [0.3, 0.4) is 0 Å². The van der Waals surface area contributed by atoms with Crippen molar-refractivity contribution in [2.75, 3.05) is 6.54 Å². The van der Waals surface area contributed by atoms with E-state index in [4.69, 9.17) is 10.5 Å². The van der Waals surface area contributed by atoms with Crippen LogP contribution in [0.15, 0.2) is 0 Å². The summed E-state index contributed by atoms with van der Waals surface area (Å²) in [6.07, 6.45) is 4.08. The summed E-state index contributed by atoms with van der Waals surface area (Å²) in [7, 11) is 0. The van der Waals surface area contributed by atoms with Gasteiger partial charge in [0, 0.05) is 6.54 Å². The quantitative estimate of drug-likeness (QED) is 0.770. The number of carbonyl (C=O) groups excluding carboxylic acids is 1. The van der Waals surface area contributed by atoms with Crippen molar-refractivity contribution in [3.8, 4) is 0 Å². The molecule has 0 aromatic carbocycles. The highest BCUT2D eigenvalue weighted by molar-refractivity contribution is 5.76. The highest BCUT2D eigenvalue weighted by Gasteiger charge is 2.35. The topological polar surface area (TPSA) is 52.3 Å². The van der Waals surface area contributed by atoms with Gasteiger partial charge in [0.1, 0.15) is 6.10 Å². The van der Waals surface area contributed by atoms with E-state index in [1.807, 2.05) is 13.8 Å². The van der Waals surface area contributed by atoms with Gasteiger partial charge < -0.3 is 10.5 Å². The number of esters is 1. The van der Waals surface area contributed by atoms with Crippen molar-refractivity contribution in [2.45, 2.75) is 59.5 Å². The number of hydrogen-bond acceptors (Lipinski definition) is 3. The lowest BCUT2D eigenvalue weighted by Gasteiger charge is -2.34. The third-order valence-corrected chi connectivity index (χ3v) is 4.13. The molecule has 0 aromatic heterocycles. The SMILES string of the molecule is CCC(C)(CN)C(=O)OC1CC(C)CC(C)C1. The van der Waals surface area contributed by atoms with E-state index in [1.165, 1.54) is 6.42 Å². The van der Waals surface area contributed by atoms with E-state index in [-0.39, 0.29) is 12.1 Å². The zero-order valence-electron chi connectivity index (χ0n) is 11.7. The maximum Gasteiger partial charge on any atom is 0.313 e. The molecule has 0 aromatic rings. The van der Waals surface area contributed by atoms with E-state index in [0.29, 0.717) is 18.4 Å².